The predicted octanol–water partition coefficient (Wildman–Crippen LogP) is 0.0109. The van der Waals surface area contributed by atoms with Gasteiger partial charge in [0.15, 0.2) is 0 Å². The second-order valence-electron chi connectivity index (χ2n) is 3.86. The smallest absolute Gasteiger partial charge is 0.246 e. The SMILES string of the molecule is CNNC(=O)CCCCCN(C)C(=O)/C=C\C=O. The normalized spacial score (nSPS) is 10.3. The van der Waals surface area contributed by atoms with Crippen molar-refractivity contribution in [3.8, 4) is 0 Å². The molecule has 6 heteroatoms. The Bertz CT molecular complexity index is 303. The third-order valence-corrected chi connectivity index (χ3v) is 2.36. The van der Waals surface area contributed by atoms with Gasteiger partial charge in [0.2, 0.25) is 11.8 Å². The van der Waals surface area contributed by atoms with Crippen LogP contribution in [0.2, 0.25) is 0 Å². The summed E-state index contributed by atoms with van der Waals surface area (Å²) in [6, 6.07) is 0. The zero-order valence-corrected chi connectivity index (χ0v) is 10.9. The van der Waals surface area contributed by atoms with Gasteiger partial charge in [-0.3, -0.25) is 19.8 Å². The van der Waals surface area contributed by atoms with Crippen LogP contribution in [0.15, 0.2) is 12.2 Å². The molecule has 18 heavy (non-hydrogen) atoms. The highest BCUT2D eigenvalue weighted by atomic mass is 16.2. The minimum Gasteiger partial charge on any atom is -0.342 e. The maximum absolute atomic E-state index is 11.4. The van der Waals surface area contributed by atoms with E-state index < -0.39 is 0 Å². The van der Waals surface area contributed by atoms with Gasteiger partial charge in [0, 0.05) is 33.1 Å². The van der Waals surface area contributed by atoms with Crippen LogP contribution in [0.4, 0.5) is 0 Å². The van der Waals surface area contributed by atoms with Crippen molar-refractivity contribution in [1.29, 1.82) is 0 Å². The van der Waals surface area contributed by atoms with E-state index in [-0.39, 0.29) is 11.8 Å². The summed E-state index contributed by atoms with van der Waals surface area (Å²) < 4.78 is 0. The highest BCUT2D eigenvalue weighted by molar-refractivity contribution is 5.90. The van der Waals surface area contributed by atoms with Gasteiger partial charge in [0.05, 0.1) is 0 Å². The van der Waals surface area contributed by atoms with Crippen LogP contribution in [0.3, 0.4) is 0 Å². The van der Waals surface area contributed by atoms with Crippen molar-refractivity contribution in [2.75, 3.05) is 20.6 Å². The standard InChI is InChI=1S/C12H21N3O3/c1-13-14-11(17)7-4-3-5-9-15(2)12(18)8-6-10-16/h6,8,10,13H,3-5,7,9H2,1-2H3,(H,14,17)/b8-6-. The number of hydrogen-bond donors (Lipinski definition) is 2. The zero-order valence-electron chi connectivity index (χ0n) is 10.9. The summed E-state index contributed by atoms with van der Waals surface area (Å²) in [4.78, 5) is 34.1. The summed E-state index contributed by atoms with van der Waals surface area (Å²) in [7, 11) is 3.33. The minimum absolute atomic E-state index is 0.0316. The maximum atomic E-state index is 11.4. The lowest BCUT2D eigenvalue weighted by Crippen LogP contribution is -2.33. The number of rotatable bonds is 9. The number of nitrogens with zero attached hydrogens (tertiary/aromatic N) is 1. The van der Waals surface area contributed by atoms with Gasteiger partial charge in [0.1, 0.15) is 6.29 Å². The molecule has 0 spiro atoms. The molecule has 0 aliphatic carbocycles. The fourth-order valence-electron chi connectivity index (χ4n) is 1.37. The molecule has 102 valence electrons. The van der Waals surface area contributed by atoms with Crippen LogP contribution >= 0.6 is 0 Å². The van der Waals surface area contributed by atoms with Crippen LogP contribution in [0, 0.1) is 0 Å². The first kappa shape index (κ1) is 16.3. The molecule has 0 aromatic rings. The van der Waals surface area contributed by atoms with Crippen LogP contribution in [0.1, 0.15) is 25.7 Å². The largest absolute Gasteiger partial charge is 0.342 e. The number of hydrazine groups is 1. The van der Waals surface area contributed by atoms with Crippen molar-refractivity contribution >= 4 is 18.1 Å². The summed E-state index contributed by atoms with van der Waals surface area (Å²) in [5.74, 6) is -0.217. The number of carbonyl (C=O) groups excluding carboxylic acids is 3. The Morgan fingerprint density at radius 2 is 1.94 bits per heavy atom. The number of carbonyl (C=O) groups is 3. The quantitative estimate of drug-likeness (QED) is 0.263. The van der Waals surface area contributed by atoms with E-state index in [1.165, 1.54) is 12.2 Å². The molecule has 0 atom stereocenters. The van der Waals surface area contributed by atoms with Crippen LogP contribution in [0.25, 0.3) is 0 Å². The van der Waals surface area contributed by atoms with Gasteiger partial charge in [0.25, 0.3) is 0 Å². The van der Waals surface area contributed by atoms with Crippen LogP contribution in [-0.4, -0.2) is 43.6 Å². The number of nitrogens with one attached hydrogen (secondary N) is 2. The molecule has 0 heterocycles. The third-order valence-electron chi connectivity index (χ3n) is 2.36. The number of unbranched alkanes of at least 4 members (excludes halogenated alkanes) is 2. The average Bonchev–Trinajstić information content (AvgIpc) is 2.35. The van der Waals surface area contributed by atoms with Crippen molar-refractivity contribution in [3.05, 3.63) is 12.2 Å². The number of hydrogen-bond acceptors (Lipinski definition) is 4. The van der Waals surface area contributed by atoms with Gasteiger partial charge in [-0.2, -0.15) is 0 Å². The topological polar surface area (TPSA) is 78.5 Å². The lowest BCUT2D eigenvalue weighted by Gasteiger charge is -2.14. The van der Waals surface area contributed by atoms with Crippen LogP contribution in [0.5, 0.6) is 0 Å². The molecule has 0 rings (SSSR count). The molecule has 0 radical (unpaired) electrons. The first-order valence-electron chi connectivity index (χ1n) is 5.94. The lowest BCUT2D eigenvalue weighted by molar-refractivity contribution is -0.125. The fraction of sp³-hybridized carbons (Fsp3) is 0.583. The summed E-state index contributed by atoms with van der Waals surface area (Å²) in [5, 5.41) is 0. The number of amides is 2. The van der Waals surface area contributed by atoms with E-state index in [4.69, 9.17) is 0 Å². The molecule has 2 amide bonds. The summed E-state index contributed by atoms with van der Waals surface area (Å²) >= 11 is 0. The maximum Gasteiger partial charge on any atom is 0.246 e. The van der Waals surface area contributed by atoms with Gasteiger partial charge in [-0.25, -0.2) is 5.43 Å². The van der Waals surface area contributed by atoms with E-state index in [0.29, 0.717) is 19.3 Å². The third kappa shape index (κ3) is 8.46. The summed E-state index contributed by atoms with van der Waals surface area (Å²) in [5.41, 5.74) is 5.06. The average molecular weight is 255 g/mol. The summed E-state index contributed by atoms with van der Waals surface area (Å²) in [6.07, 6.45) is 5.99. The van der Waals surface area contributed by atoms with E-state index in [1.54, 1.807) is 19.0 Å². The van der Waals surface area contributed by atoms with E-state index in [9.17, 15) is 14.4 Å². The first-order valence-corrected chi connectivity index (χ1v) is 5.94. The van der Waals surface area contributed by atoms with Crippen molar-refractivity contribution in [3.63, 3.8) is 0 Å². The molecule has 0 fully saturated rings. The summed E-state index contributed by atoms with van der Waals surface area (Å²) in [6.45, 7) is 0.621. The Morgan fingerprint density at radius 1 is 1.22 bits per heavy atom. The molecule has 0 aliphatic rings. The van der Waals surface area contributed by atoms with Gasteiger partial charge in [-0.1, -0.05) is 6.42 Å². The predicted molar refractivity (Wildman–Crippen MR) is 68.5 cm³/mol. The second kappa shape index (κ2) is 10.5. The second-order valence-corrected chi connectivity index (χ2v) is 3.86. The van der Waals surface area contributed by atoms with Gasteiger partial charge in [-0.15, -0.1) is 0 Å². The number of allylic oxidation sites excluding steroid dienone is 1. The molecule has 6 nitrogen and oxygen atoms in total. The molecule has 0 bridgehead atoms. The van der Waals surface area contributed by atoms with Gasteiger partial charge in [-0.05, 0) is 18.9 Å². The Morgan fingerprint density at radius 3 is 2.56 bits per heavy atom. The van der Waals surface area contributed by atoms with E-state index in [1.807, 2.05) is 0 Å². The van der Waals surface area contributed by atoms with E-state index in [2.05, 4.69) is 10.9 Å². The molecule has 0 aromatic heterocycles. The van der Waals surface area contributed by atoms with E-state index >= 15 is 0 Å². The monoisotopic (exact) mass is 255 g/mol. The van der Waals surface area contributed by atoms with Crippen LogP contribution in [-0.2, 0) is 14.4 Å². The molecular formula is C12H21N3O3. The highest BCUT2D eigenvalue weighted by Crippen LogP contribution is 2.01. The number of likely N-dealkylation sites (N-methyl/N-ethyl adjacent to an activating group) is 1. The molecule has 0 saturated heterocycles. The Kier molecular flexibility index (Phi) is 9.48. The van der Waals surface area contributed by atoms with Crippen molar-refractivity contribution in [1.82, 2.24) is 15.8 Å². The fourth-order valence-corrected chi connectivity index (χ4v) is 1.37. The van der Waals surface area contributed by atoms with Crippen molar-refractivity contribution < 1.29 is 14.4 Å². The Labute approximate surface area is 107 Å². The molecule has 0 aliphatic heterocycles. The first-order chi connectivity index (χ1) is 8.61. The molecular weight excluding hydrogens is 234 g/mol. The lowest BCUT2D eigenvalue weighted by atomic mass is 10.2. The molecule has 0 unspecified atom stereocenters. The molecule has 2 N–H and O–H groups in total. The Hall–Kier alpha value is -1.69. The zero-order chi connectivity index (χ0) is 13.8. The highest BCUT2D eigenvalue weighted by Gasteiger charge is 2.04. The van der Waals surface area contributed by atoms with Crippen molar-refractivity contribution in [2.45, 2.75) is 25.7 Å². The molecule has 0 saturated carbocycles. The number of aldehydes is 1. The molecule has 0 aromatic carbocycles. The van der Waals surface area contributed by atoms with Gasteiger partial charge >= 0.3 is 0 Å². The van der Waals surface area contributed by atoms with Crippen molar-refractivity contribution in [2.24, 2.45) is 0 Å². The van der Waals surface area contributed by atoms with Crippen LogP contribution < -0.4 is 10.9 Å². The van der Waals surface area contributed by atoms with Gasteiger partial charge < -0.3 is 4.90 Å². The minimum atomic E-state index is -0.185. The Balaban J connectivity index is 3.59. The van der Waals surface area contributed by atoms with E-state index in [0.717, 1.165) is 19.3 Å².